The lowest BCUT2D eigenvalue weighted by molar-refractivity contribution is 0.661. The first kappa shape index (κ1) is 28.9. The van der Waals surface area contributed by atoms with Gasteiger partial charge in [0.15, 0.2) is 0 Å². The average Bonchev–Trinajstić information content (AvgIpc) is 3.39. The molecule has 0 aliphatic heterocycles. The molecule has 1 aliphatic rings. The minimum atomic E-state index is -0.175. The van der Waals surface area contributed by atoms with Crippen LogP contribution >= 0.6 is 0 Å². The van der Waals surface area contributed by atoms with Gasteiger partial charge in [0.25, 0.3) is 0 Å². The summed E-state index contributed by atoms with van der Waals surface area (Å²) in [4.78, 5) is 14.5. The number of pyridine rings is 2. The van der Waals surface area contributed by atoms with Gasteiger partial charge in [-0.2, -0.15) is 0 Å². The zero-order valence-electron chi connectivity index (χ0n) is 27.5. The lowest BCUT2D eigenvalue weighted by atomic mass is 9.81. The Labute approximate surface area is 286 Å². The summed E-state index contributed by atoms with van der Waals surface area (Å²) in [6.07, 6.45) is 3.75. The third kappa shape index (κ3) is 4.60. The molecule has 0 fully saturated rings. The lowest BCUT2D eigenvalue weighted by Gasteiger charge is -2.32. The third-order valence-corrected chi connectivity index (χ3v) is 9.90. The molecule has 2 aromatic heterocycles. The highest BCUT2D eigenvalue weighted by Gasteiger charge is 2.37. The maximum atomic E-state index is 4.94. The van der Waals surface area contributed by atoms with Crippen molar-refractivity contribution in [3.63, 3.8) is 0 Å². The van der Waals surface area contributed by atoms with Gasteiger partial charge >= 0.3 is 0 Å². The Morgan fingerprint density at radius 1 is 0.408 bits per heavy atom. The molecular formula is C45H34N4. The number of rotatable bonds is 6. The standard InChI is InChI=1S/C45H34N4/c1-45(2)39-24-12-11-21-33(39)36-29-37-38(30-40(36)45)44(49(32-19-7-4-8-20-32)42-26-14-16-28-47-42)35-23-10-9-22-34(35)43(37)48(31-17-5-3-6-18-31)41-25-13-15-27-46-41/h3-30H,1-2H3. The van der Waals surface area contributed by atoms with E-state index in [0.717, 1.165) is 55.9 Å². The molecular weight excluding hydrogens is 597 g/mol. The molecule has 49 heavy (non-hydrogen) atoms. The van der Waals surface area contributed by atoms with Crippen LogP contribution in [-0.2, 0) is 5.41 Å². The van der Waals surface area contributed by atoms with E-state index in [9.17, 15) is 0 Å². The van der Waals surface area contributed by atoms with Crippen LogP contribution in [0.1, 0.15) is 25.0 Å². The van der Waals surface area contributed by atoms with Gasteiger partial charge in [-0.25, -0.2) is 9.97 Å². The average molecular weight is 631 g/mol. The number of para-hydroxylation sites is 2. The molecule has 0 bridgehead atoms. The summed E-state index contributed by atoms with van der Waals surface area (Å²) in [5.74, 6) is 1.72. The predicted octanol–water partition coefficient (Wildman–Crippen LogP) is 12.0. The highest BCUT2D eigenvalue weighted by atomic mass is 15.2. The largest absolute Gasteiger partial charge is 0.294 e. The van der Waals surface area contributed by atoms with Crippen LogP contribution in [0.25, 0.3) is 32.7 Å². The Balaban J connectivity index is 1.49. The van der Waals surface area contributed by atoms with Crippen molar-refractivity contribution in [3.8, 4) is 11.1 Å². The molecule has 0 saturated carbocycles. The highest BCUT2D eigenvalue weighted by Crippen LogP contribution is 2.55. The molecule has 1 aliphatic carbocycles. The topological polar surface area (TPSA) is 32.3 Å². The van der Waals surface area contributed by atoms with E-state index in [1.54, 1.807) is 0 Å². The Bertz CT molecular complexity index is 2380. The van der Waals surface area contributed by atoms with Gasteiger partial charge in [-0.15, -0.1) is 0 Å². The number of benzene rings is 6. The van der Waals surface area contributed by atoms with Crippen molar-refractivity contribution >= 4 is 55.9 Å². The minimum Gasteiger partial charge on any atom is -0.294 e. The lowest BCUT2D eigenvalue weighted by Crippen LogP contribution is -2.17. The van der Waals surface area contributed by atoms with Crippen LogP contribution < -0.4 is 9.80 Å². The van der Waals surface area contributed by atoms with Crippen molar-refractivity contribution in [2.24, 2.45) is 0 Å². The minimum absolute atomic E-state index is 0.175. The predicted molar refractivity (Wildman–Crippen MR) is 204 cm³/mol. The zero-order valence-corrected chi connectivity index (χ0v) is 27.5. The van der Waals surface area contributed by atoms with E-state index in [2.05, 4.69) is 169 Å². The Morgan fingerprint density at radius 2 is 0.878 bits per heavy atom. The quantitative estimate of drug-likeness (QED) is 0.135. The fraction of sp³-hybridized carbons (Fsp3) is 0.0667. The van der Waals surface area contributed by atoms with Gasteiger partial charge in [-0.1, -0.05) is 111 Å². The van der Waals surface area contributed by atoms with Gasteiger partial charge in [0, 0.05) is 50.7 Å². The van der Waals surface area contributed by atoms with Gasteiger partial charge in [0.05, 0.1) is 11.4 Å². The van der Waals surface area contributed by atoms with Gasteiger partial charge in [0.1, 0.15) is 11.6 Å². The maximum Gasteiger partial charge on any atom is 0.137 e. The van der Waals surface area contributed by atoms with E-state index in [4.69, 9.17) is 9.97 Å². The summed E-state index contributed by atoms with van der Waals surface area (Å²) in [5, 5.41) is 4.55. The Kier molecular flexibility index (Phi) is 6.77. The van der Waals surface area contributed by atoms with Crippen LogP contribution in [0.3, 0.4) is 0 Å². The fourth-order valence-corrected chi connectivity index (χ4v) is 7.69. The third-order valence-electron chi connectivity index (χ3n) is 9.90. The van der Waals surface area contributed by atoms with Crippen molar-refractivity contribution in [1.82, 2.24) is 9.97 Å². The van der Waals surface area contributed by atoms with Crippen molar-refractivity contribution in [3.05, 3.63) is 181 Å². The summed E-state index contributed by atoms with van der Waals surface area (Å²) >= 11 is 0. The molecule has 234 valence electrons. The molecule has 2 heterocycles. The van der Waals surface area contributed by atoms with Crippen LogP contribution in [0.15, 0.2) is 170 Å². The van der Waals surface area contributed by atoms with Gasteiger partial charge in [-0.05, 0) is 82.9 Å². The number of aromatic nitrogens is 2. The van der Waals surface area contributed by atoms with E-state index < -0.39 is 0 Å². The molecule has 0 saturated heterocycles. The van der Waals surface area contributed by atoms with Gasteiger partial charge < -0.3 is 0 Å². The summed E-state index contributed by atoms with van der Waals surface area (Å²) in [7, 11) is 0. The SMILES string of the molecule is CC1(C)c2ccccc2-c2cc3c(N(c4ccccc4)c4ccccn4)c4ccccc4c(N(c4ccccc4)c4ccccn4)c3cc21. The molecule has 0 spiro atoms. The first-order chi connectivity index (χ1) is 24.1. The first-order valence-corrected chi connectivity index (χ1v) is 16.8. The molecule has 4 nitrogen and oxygen atoms in total. The normalized spacial score (nSPS) is 12.9. The van der Waals surface area contributed by atoms with Gasteiger partial charge in [0.2, 0.25) is 0 Å². The number of anilines is 6. The number of hydrogen-bond donors (Lipinski definition) is 0. The number of fused-ring (bicyclic) bond motifs is 5. The molecule has 0 unspecified atom stereocenters. The van der Waals surface area contributed by atoms with E-state index in [-0.39, 0.29) is 5.41 Å². The fourth-order valence-electron chi connectivity index (χ4n) is 7.69. The van der Waals surface area contributed by atoms with Crippen LogP contribution in [0.4, 0.5) is 34.4 Å². The summed E-state index contributed by atoms with van der Waals surface area (Å²) < 4.78 is 0. The molecule has 9 rings (SSSR count). The second-order valence-corrected chi connectivity index (χ2v) is 13.1. The monoisotopic (exact) mass is 630 g/mol. The molecule has 6 aromatic carbocycles. The smallest absolute Gasteiger partial charge is 0.137 e. The molecule has 4 heteroatoms. The van der Waals surface area contributed by atoms with Crippen LogP contribution in [0, 0.1) is 0 Å². The zero-order chi connectivity index (χ0) is 33.0. The molecule has 0 amide bonds. The molecule has 0 N–H and O–H groups in total. The Morgan fingerprint density at radius 3 is 1.41 bits per heavy atom. The highest BCUT2D eigenvalue weighted by molar-refractivity contribution is 6.24. The maximum absolute atomic E-state index is 4.94. The Hall–Kier alpha value is -6.26. The second kappa shape index (κ2) is 11.5. The first-order valence-electron chi connectivity index (χ1n) is 16.8. The van der Waals surface area contributed by atoms with E-state index >= 15 is 0 Å². The van der Waals surface area contributed by atoms with Crippen LogP contribution in [-0.4, -0.2) is 9.97 Å². The van der Waals surface area contributed by atoms with Crippen molar-refractivity contribution in [1.29, 1.82) is 0 Å². The van der Waals surface area contributed by atoms with Crippen LogP contribution in [0.2, 0.25) is 0 Å². The van der Waals surface area contributed by atoms with E-state index in [1.165, 1.54) is 22.3 Å². The summed E-state index contributed by atoms with van der Waals surface area (Å²) in [6, 6.07) is 56.0. The van der Waals surface area contributed by atoms with E-state index in [0.29, 0.717) is 0 Å². The molecule has 0 atom stereocenters. The molecule has 0 radical (unpaired) electrons. The second-order valence-electron chi connectivity index (χ2n) is 13.1. The number of hydrogen-bond acceptors (Lipinski definition) is 4. The summed E-state index contributed by atoms with van der Waals surface area (Å²) in [6.45, 7) is 4.70. The van der Waals surface area contributed by atoms with Crippen molar-refractivity contribution < 1.29 is 0 Å². The van der Waals surface area contributed by atoms with Crippen molar-refractivity contribution in [2.75, 3.05) is 9.80 Å². The summed E-state index contributed by atoms with van der Waals surface area (Å²) in [5.41, 5.74) is 9.35. The van der Waals surface area contributed by atoms with Crippen LogP contribution in [0.5, 0.6) is 0 Å². The van der Waals surface area contributed by atoms with Crippen molar-refractivity contribution in [2.45, 2.75) is 19.3 Å². The molecule has 8 aromatic rings. The number of nitrogens with zero attached hydrogens (tertiary/aromatic N) is 4. The van der Waals surface area contributed by atoms with Gasteiger partial charge in [-0.3, -0.25) is 9.80 Å². The van der Waals surface area contributed by atoms with E-state index in [1.807, 2.05) is 24.5 Å².